The first kappa shape index (κ1) is 14.0. The van der Waals surface area contributed by atoms with Crippen LogP contribution in [0.4, 0.5) is 5.69 Å². The molecule has 0 N–H and O–H groups in total. The Labute approximate surface area is 115 Å². The van der Waals surface area contributed by atoms with Gasteiger partial charge in [-0.3, -0.25) is 0 Å². The van der Waals surface area contributed by atoms with Crippen LogP contribution >= 0.6 is 31.9 Å². The predicted molar refractivity (Wildman–Crippen MR) is 79.5 cm³/mol. The van der Waals surface area contributed by atoms with Gasteiger partial charge in [0, 0.05) is 22.4 Å². The van der Waals surface area contributed by atoms with Crippen molar-refractivity contribution in [2.45, 2.75) is 38.1 Å². The van der Waals surface area contributed by atoms with Crippen molar-refractivity contribution in [1.82, 2.24) is 0 Å². The summed E-state index contributed by atoms with van der Waals surface area (Å²) in [6, 6.07) is 6.52. The van der Waals surface area contributed by atoms with Gasteiger partial charge in [0.15, 0.2) is 0 Å². The van der Waals surface area contributed by atoms with Crippen LogP contribution in [-0.4, -0.2) is 12.6 Å². The lowest BCUT2D eigenvalue weighted by atomic mass is 9.99. The first-order valence-corrected chi connectivity index (χ1v) is 7.42. The molecule has 1 rings (SSSR count). The minimum atomic E-state index is 0.179. The fraction of sp³-hybridized carbons (Fsp3) is 0.538. The minimum absolute atomic E-state index is 0.179. The summed E-state index contributed by atoms with van der Waals surface area (Å²) in [5.74, 6) is 0. The smallest absolute Gasteiger partial charge is 0.0512 e. The molecule has 0 aromatic heterocycles. The van der Waals surface area contributed by atoms with Gasteiger partial charge in [-0.25, -0.2) is 0 Å². The van der Waals surface area contributed by atoms with Gasteiger partial charge in [-0.1, -0.05) is 28.9 Å². The molecule has 0 amide bonds. The van der Waals surface area contributed by atoms with Gasteiger partial charge in [0.2, 0.25) is 0 Å². The fourth-order valence-corrected chi connectivity index (χ4v) is 2.51. The van der Waals surface area contributed by atoms with E-state index in [0.717, 1.165) is 16.2 Å². The van der Waals surface area contributed by atoms with Crippen molar-refractivity contribution >= 4 is 37.5 Å². The van der Waals surface area contributed by atoms with E-state index in [1.54, 1.807) is 0 Å². The van der Waals surface area contributed by atoms with Gasteiger partial charge in [0.25, 0.3) is 0 Å². The SMILES string of the molecule is CCC(C)(C)N(C)c1ccc(CBr)cc1Br. The summed E-state index contributed by atoms with van der Waals surface area (Å²) in [7, 11) is 2.15. The Balaban J connectivity index is 3.05. The summed E-state index contributed by atoms with van der Waals surface area (Å²) >= 11 is 7.12. The van der Waals surface area contributed by atoms with Crippen molar-refractivity contribution < 1.29 is 0 Å². The summed E-state index contributed by atoms with van der Waals surface area (Å²) < 4.78 is 1.16. The van der Waals surface area contributed by atoms with Crippen molar-refractivity contribution in [2.75, 3.05) is 11.9 Å². The van der Waals surface area contributed by atoms with Crippen molar-refractivity contribution in [1.29, 1.82) is 0 Å². The third-order valence-electron chi connectivity index (χ3n) is 3.30. The van der Waals surface area contributed by atoms with Gasteiger partial charge in [0.05, 0.1) is 5.69 Å². The number of rotatable bonds is 4. The Morgan fingerprint density at radius 3 is 2.38 bits per heavy atom. The molecule has 0 saturated carbocycles. The largest absolute Gasteiger partial charge is 0.369 e. The van der Waals surface area contributed by atoms with Gasteiger partial charge in [-0.15, -0.1) is 0 Å². The monoisotopic (exact) mass is 347 g/mol. The third kappa shape index (κ3) is 3.01. The molecule has 1 aromatic rings. The van der Waals surface area contributed by atoms with Gasteiger partial charge >= 0.3 is 0 Å². The van der Waals surface area contributed by atoms with Crippen LogP contribution in [0.1, 0.15) is 32.8 Å². The molecule has 1 aromatic carbocycles. The third-order valence-corrected chi connectivity index (χ3v) is 4.58. The highest BCUT2D eigenvalue weighted by atomic mass is 79.9. The van der Waals surface area contributed by atoms with Crippen molar-refractivity contribution in [3.8, 4) is 0 Å². The van der Waals surface area contributed by atoms with E-state index in [0.29, 0.717) is 0 Å². The topological polar surface area (TPSA) is 3.24 Å². The highest BCUT2D eigenvalue weighted by molar-refractivity contribution is 9.10. The Kier molecular flexibility index (Phi) is 4.87. The fourth-order valence-electron chi connectivity index (χ4n) is 1.47. The maximum Gasteiger partial charge on any atom is 0.0512 e. The van der Waals surface area contributed by atoms with Gasteiger partial charge < -0.3 is 4.90 Å². The molecule has 3 heteroatoms. The molecule has 0 unspecified atom stereocenters. The van der Waals surface area contributed by atoms with Crippen LogP contribution < -0.4 is 4.90 Å². The first-order chi connectivity index (χ1) is 7.42. The first-order valence-electron chi connectivity index (χ1n) is 5.50. The van der Waals surface area contributed by atoms with E-state index in [1.165, 1.54) is 11.3 Å². The quantitative estimate of drug-likeness (QED) is 0.694. The van der Waals surface area contributed by atoms with Crippen molar-refractivity contribution in [3.05, 3.63) is 28.2 Å². The van der Waals surface area contributed by atoms with Crippen LogP contribution in [-0.2, 0) is 5.33 Å². The van der Waals surface area contributed by atoms with Crippen molar-refractivity contribution in [3.63, 3.8) is 0 Å². The van der Waals surface area contributed by atoms with E-state index >= 15 is 0 Å². The molecular formula is C13H19Br2N. The summed E-state index contributed by atoms with van der Waals surface area (Å²) in [4.78, 5) is 2.33. The minimum Gasteiger partial charge on any atom is -0.369 e. The number of benzene rings is 1. The average Bonchev–Trinajstić information content (AvgIpc) is 2.28. The van der Waals surface area contributed by atoms with Crippen molar-refractivity contribution in [2.24, 2.45) is 0 Å². The normalized spacial score (nSPS) is 11.6. The molecule has 0 radical (unpaired) electrons. The summed E-state index contributed by atoms with van der Waals surface area (Å²) in [6.07, 6.45) is 1.12. The molecule has 16 heavy (non-hydrogen) atoms. The number of halogens is 2. The molecule has 0 saturated heterocycles. The molecule has 0 atom stereocenters. The number of nitrogens with zero attached hydrogens (tertiary/aromatic N) is 1. The molecule has 1 nitrogen and oxygen atoms in total. The van der Waals surface area contributed by atoms with Crippen LogP contribution in [0.3, 0.4) is 0 Å². The Morgan fingerprint density at radius 1 is 1.31 bits per heavy atom. The van der Waals surface area contributed by atoms with E-state index < -0.39 is 0 Å². The van der Waals surface area contributed by atoms with Crippen LogP contribution in [0.5, 0.6) is 0 Å². The Bertz CT molecular complexity index is 361. The lowest BCUT2D eigenvalue weighted by Crippen LogP contribution is -2.40. The number of hydrogen-bond donors (Lipinski definition) is 0. The lowest BCUT2D eigenvalue weighted by molar-refractivity contribution is 0.470. The Morgan fingerprint density at radius 2 is 1.94 bits per heavy atom. The molecular weight excluding hydrogens is 330 g/mol. The van der Waals surface area contributed by atoms with Gasteiger partial charge in [-0.05, 0) is 53.9 Å². The molecule has 0 aliphatic carbocycles. The molecule has 90 valence electrons. The van der Waals surface area contributed by atoms with E-state index in [4.69, 9.17) is 0 Å². The van der Waals surface area contributed by atoms with Crippen LogP contribution in [0.2, 0.25) is 0 Å². The molecule has 0 heterocycles. The van der Waals surface area contributed by atoms with Crippen LogP contribution in [0.25, 0.3) is 0 Å². The van der Waals surface area contributed by atoms with Gasteiger partial charge in [-0.2, -0.15) is 0 Å². The second-order valence-electron chi connectivity index (χ2n) is 4.64. The zero-order valence-corrected chi connectivity index (χ0v) is 13.5. The maximum absolute atomic E-state index is 3.65. The standard InChI is InChI=1S/C13H19Br2N/c1-5-13(2,3)16(4)12-7-6-10(9-14)8-11(12)15/h6-8H,5,9H2,1-4H3. The zero-order valence-electron chi connectivity index (χ0n) is 10.3. The molecule has 0 bridgehead atoms. The molecule has 0 fully saturated rings. The lowest BCUT2D eigenvalue weighted by Gasteiger charge is -2.37. The Hall–Kier alpha value is -0.0200. The van der Waals surface area contributed by atoms with E-state index in [1.807, 2.05) is 0 Å². The molecule has 0 spiro atoms. The highest BCUT2D eigenvalue weighted by Gasteiger charge is 2.22. The van der Waals surface area contributed by atoms with E-state index in [-0.39, 0.29) is 5.54 Å². The average molecular weight is 349 g/mol. The summed E-state index contributed by atoms with van der Waals surface area (Å²) in [5.41, 5.74) is 2.72. The molecule has 0 aliphatic heterocycles. The summed E-state index contributed by atoms with van der Waals surface area (Å²) in [5, 5.41) is 0.896. The number of alkyl halides is 1. The van der Waals surface area contributed by atoms with Crippen LogP contribution in [0, 0.1) is 0 Å². The summed E-state index contributed by atoms with van der Waals surface area (Å²) in [6.45, 7) is 6.74. The second kappa shape index (κ2) is 5.54. The number of anilines is 1. The van der Waals surface area contributed by atoms with E-state index in [9.17, 15) is 0 Å². The predicted octanol–water partition coefficient (Wildman–Crippen LogP) is 4.97. The zero-order chi connectivity index (χ0) is 12.3. The van der Waals surface area contributed by atoms with Crippen LogP contribution in [0.15, 0.2) is 22.7 Å². The molecule has 0 aliphatic rings. The van der Waals surface area contributed by atoms with Gasteiger partial charge in [0.1, 0.15) is 0 Å². The number of hydrogen-bond acceptors (Lipinski definition) is 1. The highest BCUT2D eigenvalue weighted by Crippen LogP contribution is 2.32. The maximum atomic E-state index is 3.65. The van der Waals surface area contributed by atoms with E-state index in [2.05, 4.69) is 82.8 Å². The second-order valence-corrected chi connectivity index (χ2v) is 6.06.